The molecule has 0 aliphatic carbocycles. The second kappa shape index (κ2) is 4.86. The largest absolute Gasteiger partial charge is 0.433 e. The topological polar surface area (TPSA) is 118 Å². The van der Waals surface area contributed by atoms with Crippen molar-refractivity contribution in [3.05, 3.63) is 28.0 Å². The number of carbonyl (C=O) groups is 1. The third-order valence-electron chi connectivity index (χ3n) is 1.32. The number of nitrogens with zero attached hydrogens (tertiary/aromatic N) is 2. The molecule has 0 saturated carbocycles. The number of aliphatic hydroxyl groups excluding tert-OH is 1. The highest BCUT2D eigenvalue weighted by Gasteiger charge is 2.10. The average molecular weight is 213 g/mol. The van der Waals surface area contributed by atoms with E-state index < -0.39 is 23.3 Å². The van der Waals surface area contributed by atoms with Crippen molar-refractivity contribution in [2.75, 3.05) is 6.61 Å². The van der Waals surface area contributed by atoms with Gasteiger partial charge in [0.2, 0.25) is 0 Å². The summed E-state index contributed by atoms with van der Waals surface area (Å²) < 4.78 is 4.70. The molecule has 15 heavy (non-hydrogen) atoms. The minimum atomic E-state index is -0.691. The predicted molar refractivity (Wildman–Crippen MR) is 48.2 cm³/mol. The summed E-state index contributed by atoms with van der Waals surface area (Å²) in [7, 11) is 0. The van der Waals surface area contributed by atoms with E-state index in [4.69, 9.17) is 9.52 Å². The zero-order chi connectivity index (χ0) is 11.3. The van der Waals surface area contributed by atoms with Crippen molar-refractivity contribution in [3.8, 4) is 0 Å². The molecule has 1 heterocycles. The first kappa shape index (κ1) is 10.9. The Balaban J connectivity index is 2.57. The van der Waals surface area contributed by atoms with Gasteiger partial charge in [0.25, 0.3) is 5.91 Å². The van der Waals surface area contributed by atoms with Crippen LogP contribution in [0.4, 0.5) is 5.88 Å². The van der Waals surface area contributed by atoms with Gasteiger partial charge in [-0.2, -0.15) is 5.10 Å². The smallest absolute Gasteiger partial charge is 0.400 e. The molecule has 8 nitrogen and oxygen atoms in total. The predicted octanol–water partition coefficient (Wildman–Crippen LogP) is -0.370. The SMILES string of the molecule is O=C(CO)N/N=C/c1ccc([N+](=O)[O-])o1. The first-order valence-corrected chi connectivity index (χ1v) is 3.80. The van der Waals surface area contributed by atoms with Crippen molar-refractivity contribution < 1.29 is 19.2 Å². The lowest BCUT2D eigenvalue weighted by atomic mass is 10.5. The minimum absolute atomic E-state index is 0.125. The van der Waals surface area contributed by atoms with Crippen molar-refractivity contribution in [2.24, 2.45) is 5.10 Å². The molecule has 2 N–H and O–H groups in total. The molecule has 1 aromatic rings. The highest BCUT2D eigenvalue weighted by atomic mass is 16.6. The molecule has 1 amide bonds. The quantitative estimate of drug-likeness (QED) is 0.402. The zero-order valence-electron chi connectivity index (χ0n) is 7.41. The summed E-state index contributed by atoms with van der Waals surface area (Å²) in [5.41, 5.74) is 1.97. The molecule has 0 bridgehead atoms. The number of rotatable bonds is 4. The fourth-order valence-electron chi connectivity index (χ4n) is 0.713. The van der Waals surface area contributed by atoms with Gasteiger partial charge in [0, 0.05) is 0 Å². The highest BCUT2D eigenvalue weighted by Crippen LogP contribution is 2.13. The summed E-state index contributed by atoms with van der Waals surface area (Å²) in [6.07, 6.45) is 1.08. The number of nitrogens with one attached hydrogen (secondary N) is 1. The van der Waals surface area contributed by atoms with Gasteiger partial charge in [0.1, 0.15) is 11.5 Å². The van der Waals surface area contributed by atoms with Crippen LogP contribution in [0.15, 0.2) is 21.7 Å². The van der Waals surface area contributed by atoms with Crippen molar-refractivity contribution in [1.82, 2.24) is 5.43 Å². The first-order valence-electron chi connectivity index (χ1n) is 3.80. The minimum Gasteiger partial charge on any atom is -0.400 e. The molecule has 1 rings (SSSR count). The number of hydrogen-bond acceptors (Lipinski definition) is 6. The molecular weight excluding hydrogens is 206 g/mol. The Kier molecular flexibility index (Phi) is 3.52. The van der Waals surface area contributed by atoms with Crippen LogP contribution in [0.25, 0.3) is 0 Å². The molecule has 0 unspecified atom stereocenters. The second-order valence-electron chi connectivity index (χ2n) is 2.38. The van der Waals surface area contributed by atoms with Crippen LogP contribution in [0, 0.1) is 10.1 Å². The monoisotopic (exact) mass is 213 g/mol. The van der Waals surface area contributed by atoms with Gasteiger partial charge in [0.05, 0.1) is 12.3 Å². The van der Waals surface area contributed by atoms with Crippen molar-refractivity contribution in [2.45, 2.75) is 0 Å². The molecule has 1 aromatic heterocycles. The summed E-state index contributed by atoms with van der Waals surface area (Å²) >= 11 is 0. The third kappa shape index (κ3) is 3.19. The summed E-state index contributed by atoms with van der Waals surface area (Å²) in [5.74, 6) is -0.975. The molecule has 0 atom stereocenters. The van der Waals surface area contributed by atoms with Crippen molar-refractivity contribution in [3.63, 3.8) is 0 Å². The molecule has 0 aliphatic heterocycles. The molecule has 0 aromatic carbocycles. The maximum Gasteiger partial charge on any atom is 0.433 e. The second-order valence-corrected chi connectivity index (χ2v) is 2.38. The van der Waals surface area contributed by atoms with Gasteiger partial charge in [-0.3, -0.25) is 14.9 Å². The van der Waals surface area contributed by atoms with Crippen LogP contribution in [0.2, 0.25) is 0 Å². The van der Waals surface area contributed by atoms with E-state index in [2.05, 4.69) is 5.10 Å². The van der Waals surface area contributed by atoms with Gasteiger partial charge in [-0.05, 0) is 6.07 Å². The van der Waals surface area contributed by atoms with Crippen LogP contribution in [0.1, 0.15) is 5.76 Å². The van der Waals surface area contributed by atoms with E-state index in [-0.39, 0.29) is 5.76 Å². The van der Waals surface area contributed by atoms with Gasteiger partial charge in [-0.25, -0.2) is 5.43 Å². The summed E-state index contributed by atoms with van der Waals surface area (Å²) in [6, 6.07) is 2.49. The molecular formula is C7H7N3O5. The van der Waals surface area contributed by atoms with Gasteiger partial charge >= 0.3 is 5.88 Å². The van der Waals surface area contributed by atoms with Crippen LogP contribution in [-0.4, -0.2) is 28.8 Å². The maximum atomic E-state index is 10.5. The Morgan fingerprint density at radius 1 is 1.73 bits per heavy atom. The highest BCUT2D eigenvalue weighted by molar-refractivity contribution is 5.80. The number of carbonyl (C=O) groups excluding carboxylic acids is 1. The first-order chi connectivity index (χ1) is 7.13. The Hall–Kier alpha value is -2.22. The van der Waals surface area contributed by atoms with Crippen LogP contribution in [0.5, 0.6) is 0 Å². The van der Waals surface area contributed by atoms with E-state index >= 15 is 0 Å². The van der Waals surface area contributed by atoms with Gasteiger partial charge in [-0.15, -0.1) is 0 Å². The average Bonchev–Trinajstić information content (AvgIpc) is 2.66. The lowest BCUT2D eigenvalue weighted by Gasteiger charge is -1.91. The van der Waals surface area contributed by atoms with Crippen LogP contribution >= 0.6 is 0 Å². The number of nitro groups is 1. The van der Waals surface area contributed by atoms with Gasteiger partial charge in [0.15, 0.2) is 5.76 Å². The van der Waals surface area contributed by atoms with E-state index in [0.29, 0.717) is 0 Å². The third-order valence-corrected chi connectivity index (χ3v) is 1.32. The van der Waals surface area contributed by atoms with E-state index in [9.17, 15) is 14.9 Å². The molecule has 8 heteroatoms. The van der Waals surface area contributed by atoms with E-state index in [1.807, 2.05) is 5.43 Å². The molecule has 0 aliphatic rings. The molecule has 0 fully saturated rings. The standard InChI is InChI=1S/C7H7N3O5/c11-4-6(12)9-8-3-5-1-2-7(15-5)10(13)14/h1-3,11H,4H2,(H,9,12)/b8-3+. The molecule has 0 radical (unpaired) electrons. The summed E-state index contributed by atoms with van der Waals surface area (Å²) in [6.45, 7) is -0.685. The summed E-state index contributed by atoms with van der Waals surface area (Å²) in [5, 5.41) is 21.9. The number of furan rings is 1. The maximum absolute atomic E-state index is 10.5. The number of hydrazone groups is 1. The number of hydrogen-bond donors (Lipinski definition) is 2. The zero-order valence-corrected chi connectivity index (χ0v) is 7.41. The van der Waals surface area contributed by atoms with Gasteiger partial charge in [-0.1, -0.05) is 0 Å². The van der Waals surface area contributed by atoms with Crippen LogP contribution in [0.3, 0.4) is 0 Å². The van der Waals surface area contributed by atoms with Crippen molar-refractivity contribution in [1.29, 1.82) is 0 Å². The van der Waals surface area contributed by atoms with Gasteiger partial charge < -0.3 is 9.52 Å². The molecule has 80 valence electrons. The fourth-order valence-corrected chi connectivity index (χ4v) is 0.713. The Morgan fingerprint density at radius 3 is 3.00 bits per heavy atom. The number of amides is 1. The van der Waals surface area contributed by atoms with Crippen molar-refractivity contribution >= 4 is 18.0 Å². The lowest BCUT2D eigenvalue weighted by Crippen LogP contribution is -2.20. The normalized spacial score (nSPS) is 10.5. The fraction of sp³-hybridized carbons (Fsp3) is 0.143. The Bertz CT molecular complexity index is 397. The molecule has 0 saturated heterocycles. The van der Waals surface area contributed by atoms with Crippen LogP contribution in [-0.2, 0) is 4.79 Å². The van der Waals surface area contributed by atoms with Crippen LogP contribution < -0.4 is 5.43 Å². The number of aliphatic hydroxyl groups is 1. The Morgan fingerprint density at radius 2 is 2.47 bits per heavy atom. The van der Waals surface area contributed by atoms with E-state index in [0.717, 1.165) is 12.3 Å². The Labute approximate surface area is 83.3 Å². The molecule has 0 spiro atoms. The van der Waals surface area contributed by atoms with E-state index in [1.165, 1.54) is 6.07 Å². The summed E-state index contributed by atoms with van der Waals surface area (Å²) in [4.78, 5) is 20.0. The van der Waals surface area contributed by atoms with E-state index in [1.54, 1.807) is 0 Å². The lowest BCUT2D eigenvalue weighted by molar-refractivity contribution is -0.402.